The smallest absolute Gasteiger partial charge is 0.261 e. The number of anilines is 1. The normalized spacial score (nSPS) is 10.5. The summed E-state index contributed by atoms with van der Waals surface area (Å²) in [7, 11) is 1.57. The number of carbonyl (C=O) groups is 2. The van der Waals surface area contributed by atoms with E-state index in [1.54, 1.807) is 61.1 Å². The number of carbonyl (C=O) groups excluding carboxylic acids is 2. The van der Waals surface area contributed by atoms with E-state index in [9.17, 15) is 9.59 Å². The van der Waals surface area contributed by atoms with Crippen LogP contribution in [0.2, 0.25) is 0 Å². The summed E-state index contributed by atoms with van der Waals surface area (Å²) in [5.74, 6) is 0.742. The van der Waals surface area contributed by atoms with Gasteiger partial charge in [0.15, 0.2) is 16.6 Å². The molecule has 0 aliphatic heterocycles. The summed E-state index contributed by atoms with van der Waals surface area (Å²) < 4.78 is 11.9. The van der Waals surface area contributed by atoms with Crippen LogP contribution in [-0.4, -0.2) is 29.9 Å². The molecule has 0 aliphatic carbocycles. The Kier molecular flexibility index (Phi) is 6.46. The first kappa shape index (κ1) is 20.3. The zero-order chi connectivity index (χ0) is 20.8. The summed E-state index contributed by atoms with van der Waals surface area (Å²) in [5.41, 5.74) is 0.864. The van der Waals surface area contributed by atoms with Crippen LogP contribution in [0, 0.1) is 0 Å². The Bertz CT molecular complexity index is 986. The number of para-hydroxylation sites is 1. The van der Waals surface area contributed by atoms with Crippen LogP contribution in [0.3, 0.4) is 0 Å². The molecule has 150 valence electrons. The average molecular weight is 411 g/mol. The highest BCUT2D eigenvalue weighted by atomic mass is 32.1. The van der Waals surface area contributed by atoms with E-state index in [0.29, 0.717) is 33.5 Å². The van der Waals surface area contributed by atoms with E-state index < -0.39 is 0 Å². The second-order valence-corrected chi connectivity index (χ2v) is 7.19. The molecule has 2 aromatic carbocycles. The van der Waals surface area contributed by atoms with Gasteiger partial charge in [0.25, 0.3) is 11.8 Å². The van der Waals surface area contributed by atoms with E-state index in [4.69, 9.17) is 9.47 Å². The third kappa shape index (κ3) is 5.11. The maximum atomic E-state index is 12.7. The topological polar surface area (TPSA) is 89.5 Å². The molecule has 0 atom stereocenters. The van der Waals surface area contributed by atoms with Crippen molar-refractivity contribution in [3.8, 4) is 17.2 Å². The standard InChI is InChI=1S/C21H21N3O4S/c1-13(2)27-18-16(20(26)24-21-23-11-12-29-21)5-4-6-17(18)28-15-9-7-14(8-10-15)19(25)22-3/h4-13H,1-3H3,(H,22,25)(H,23,24,26). The zero-order valence-electron chi connectivity index (χ0n) is 16.3. The lowest BCUT2D eigenvalue weighted by atomic mass is 10.1. The number of hydrogen-bond donors (Lipinski definition) is 2. The molecule has 7 nitrogen and oxygen atoms in total. The highest BCUT2D eigenvalue weighted by Crippen LogP contribution is 2.36. The predicted molar refractivity (Wildman–Crippen MR) is 112 cm³/mol. The lowest BCUT2D eigenvalue weighted by Gasteiger charge is -2.18. The number of rotatable bonds is 7. The van der Waals surface area contributed by atoms with Gasteiger partial charge in [-0.15, -0.1) is 11.3 Å². The molecule has 0 fully saturated rings. The molecule has 3 aromatic rings. The fourth-order valence-electron chi connectivity index (χ4n) is 2.53. The van der Waals surface area contributed by atoms with Crippen LogP contribution < -0.4 is 20.1 Å². The molecule has 0 radical (unpaired) electrons. The summed E-state index contributed by atoms with van der Waals surface area (Å²) in [5, 5.41) is 7.61. The van der Waals surface area contributed by atoms with Crippen molar-refractivity contribution in [3.63, 3.8) is 0 Å². The number of amides is 2. The van der Waals surface area contributed by atoms with Gasteiger partial charge in [-0.05, 0) is 50.2 Å². The number of nitrogens with one attached hydrogen (secondary N) is 2. The van der Waals surface area contributed by atoms with Crippen LogP contribution in [0.25, 0.3) is 0 Å². The number of thiazole rings is 1. The molecule has 0 saturated carbocycles. The van der Waals surface area contributed by atoms with Gasteiger partial charge in [-0.1, -0.05) is 6.07 Å². The lowest BCUT2D eigenvalue weighted by Crippen LogP contribution is -2.17. The molecular weight excluding hydrogens is 390 g/mol. The second-order valence-electron chi connectivity index (χ2n) is 6.30. The van der Waals surface area contributed by atoms with Gasteiger partial charge in [-0.25, -0.2) is 4.98 Å². The van der Waals surface area contributed by atoms with E-state index in [1.165, 1.54) is 11.3 Å². The summed E-state index contributed by atoms with van der Waals surface area (Å²) in [6, 6.07) is 11.8. The lowest BCUT2D eigenvalue weighted by molar-refractivity contribution is 0.0961. The quantitative estimate of drug-likeness (QED) is 0.604. The number of ether oxygens (including phenoxy) is 2. The highest BCUT2D eigenvalue weighted by molar-refractivity contribution is 7.13. The summed E-state index contributed by atoms with van der Waals surface area (Å²) >= 11 is 1.33. The first-order valence-corrected chi connectivity index (χ1v) is 9.86. The van der Waals surface area contributed by atoms with Crippen molar-refractivity contribution >= 4 is 28.3 Å². The Balaban J connectivity index is 1.89. The van der Waals surface area contributed by atoms with Crippen molar-refractivity contribution in [3.05, 3.63) is 65.2 Å². The second kappa shape index (κ2) is 9.20. The van der Waals surface area contributed by atoms with Crippen LogP contribution in [-0.2, 0) is 0 Å². The Morgan fingerprint density at radius 3 is 2.45 bits per heavy atom. The first-order valence-electron chi connectivity index (χ1n) is 8.98. The summed E-state index contributed by atoms with van der Waals surface area (Å²) in [4.78, 5) is 28.5. The minimum absolute atomic E-state index is 0.165. The first-order chi connectivity index (χ1) is 14.0. The molecule has 3 rings (SSSR count). The van der Waals surface area contributed by atoms with E-state index in [0.717, 1.165) is 0 Å². The van der Waals surface area contributed by atoms with Crippen molar-refractivity contribution in [2.75, 3.05) is 12.4 Å². The third-order valence-electron chi connectivity index (χ3n) is 3.80. The molecule has 0 unspecified atom stereocenters. The Hall–Kier alpha value is -3.39. The zero-order valence-corrected chi connectivity index (χ0v) is 17.1. The summed E-state index contributed by atoms with van der Waals surface area (Å²) in [6.45, 7) is 3.74. The molecule has 2 amide bonds. The van der Waals surface area contributed by atoms with E-state index in [-0.39, 0.29) is 17.9 Å². The Morgan fingerprint density at radius 1 is 1.07 bits per heavy atom. The van der Waals surface area contributed by atoms with Crippen LogP contribution in [0.15, 0.2) is 54.0 Å². The fourth-order valence-corrected chi connectivity index (χ4v) is 3.05. The molecule has 0 bridgehead atoms. The van der Waals surface area contributed by atoms with E-state index in [2.05, 4.69) is 15.6 Å². The van der Waals surface area contributed by atoms with Crippen molar-refractivity contribution in [1.82, 2.24) is 10.3 Å². The maximum Gasteiger partial charge on any atom is 0.261 e. The molecule has 0 spiro atoms. The van der Waals surface area contributed by atoms with E-state index >= 15 is 0 Å². The molecule has 1 heterocycles. The van der Waals surface area contributed by atoms with Crippen LogP contribution >= 0.6 is 11.3 Å². The molecular formula is C21H21N3O4S. The highest BCUT2D eigenvalue weighted by Gasteiger charge is 2.20. The van der Waals surface area contributed by atoms with Crippen LogP contribution in [0.4, 0.5) is 5.13 Å². The van der Waals surface area contributed by atoms with Gasteiger partial charge >= 0.3 is 0 Å². The van der Waals surface area contributed by atoms with Gasteiger partial charge in [-0.3, -0.25) is 14.9 Å². The third-order valence-corrected chi connectivity index (χ3v) is 4.49. The van der Waals surface area contributed by atoms with Gasteiger partial charge < -0.3 is 14.8 Å². The van der Waals surface area contributed by atoms with E-state index in [1.807, 2.05) is 13.8 Å². The molecule has 1 aromatic heterocycles. The number of hydrogen-bond acceptors (Lipinski definition) is 6. The molecule has 29 heavy (non-hydrogen) atoms. The van der Waals surface area contributed by atoms with Gasteiger partial charge in [0, 0.05) is 24.2 Å². The number of nitrogens with zero attached hydrogens (tertiary/aromatic N) is 1. The largest absolute Gasteiger partial charge is 0.486 e. The van der Waals surface area contributed by atoms with Gasteiger partial charge in [0.1, 0.15) is 5.75 Å². The monoisotopic (exact) mass is 411 g/mol. The number of aromatic nitrogens is 1. The van der Waals surface area contributed by atoms with Crippen molar-refractivity contribution in [2.45, 2.75) is 20.0 Å². The van der Waals surface area contributed by atoms with Gasteiger partial charge in [0.05, 0.1) is 11.7 Å². The van der Waals surface area contributed by atoms with Crippen molar-refractivity contribution in [1.29, 1.82) is 0 Å². The van der Waals surface area contributed by atoms with Crippen LogP contribution in [0.1, 0.15) is 34.6 Å². The minimum Gasteiger partial charge on any atom is -0.486 e. The van der Waals surface area contributed by atoms with Gasteiger partial charge in [0.2, 0.25) is 0 Å². The Morgan fingerprint density at radius 2 is 1.83 bits per heavy atom. The predicted octanol–water partition coefficient (Wildman–Crippen LogP) is 4.33. The minimum atomic E-state index is -0.337. The van der Waals surface area contributed by atoms with Gasteiger partial charge in [-0.2, -0.15) is 0 Å². The average Bonchev–Trinajstić information content (AvgIpc) is 3.21. The molecule has 0 saturated heterocycles. The summed E-state index contributed by atoms with van der Waals surface area (Å²) in [6.07, 6.45) is 1.45. The Labute approximate surface area is 172 Å². The fraction of sp³-hybridized carbons (Fsp3) is 0.190. The molecule has 0 aliphatic rings. The van der Waals surface area contributed by atoms with Crippen molar-refractivity contribution in [2.24, 2.45) is 0 Å². The molecule has 2 N–H and O–H groups in total. The maximum absolute atomic E-state index is 12.7. The van der Waals surface area contributed by atoms with Crippen molar-refractivity contribution < 1.29 is 19.1 Å². The SMILES string of the molecule is CNC(=O)c1ccc(Oc2cccc(C(=O)Nc3nccs3)c2OC(C)C)cc1. The molecule has 8 heteroatoms. The number of benzene rings is 2. The van der Waals surface area contributed by atoms with Crippen LogP contribution in [0.5, 0.6) is 17.2 Å².